The smallest absolute Gasteiger partial charge is 0.342 e. The quantitative estimate of drug-likeness (QED) is 0.681. The molecule has 0 aliphatic carbocycles. The summed E-state index contributed by atoms with van der Waals surface area (Å²) in [6, 6.07) is -0.239. The third kappa shape index (κ3) is 5.32. The van der Waals surface area contributed by atoms with Crippen molar-refractivity contribution in [2.24, 2.45) is 0 Å². The molecule has 0 N–H and O–H groups in total. The van der Waals surface area contributed by atoms with Gasteiger partial charge in [0.05, 0.1) is 6.42 Å². The fraction of sp³-hybridized carbons (Fsp3) is 0.875. The molecule has 0 aromatic carbocycles. The van der Waals surface area contributed by atoms with Gasteiger partial charge in [-0.15, -0.1) is 11.6 Å². The lowest BCUT2D eigenvalue weighted by Gasteiger charge is -2.23. The van der Waals surface area contributed by atoms with Gasteiger partial charge in [0.25, 0.3) is 0 Å². The fourth-order valence-electron chi connectivity index (χ4n) is 0.774. The summed E-state index contributed by atoms with van der Waals surface area (Å²) in [5, 5.41) is 0. The van der Waals surface area contributed by atoms with Crippen LogP contribution in [-0.2, 0) is 4.79 Å². The number of rotatable bonds is 4. The Labute approximate surface area is 86.0 Å². The van der Waals surface area contributed by atoms with Crippen LogP contribution in [0.4, 0.5) is 13.2 Å². The number of amides is 1. The molecule has 0 saturated heterocycles. The minimum absolute atomic E-state index is 0.217. The van der Waals surface area contributed by atoms with Gasteiger partial charge < -0.3 is 4.90 Å². The molecule has 0 rings (SSSR count). The molecule has 1 unspecified atom stereocenters. The highest BCUT2D eigenvalue weighted by atomic mass is 35.5. The minimum atomic E-state index is -4.28. The van der Waals surface area contributed by atoms with E-state index in [9.17, 15) is 18.0 Å². The molecule has 0 spiro atoms. The average molecular weight is 232 g/mol. The number of hydrogen-bond acceptors (Lipinski definition) is 1. The molecule has 0 saturated carbocycles. The van der Waals surface area contributed by atoms with E-state index in [1.54, 1.807) is 6.92 Å². The van der Waals surface area contributed by atoms with Crippen LogP contribution < -0.4 is 0 Å². The number of hydrogen-bond donors (Lipinski definition) is 0. The first kappa shape index (κ1) is 13.5. The standard InChI is InChI=1S/C8H13ClF3NO/c1-6(5-9)13(2)7(14)3-4-8(10,11)12/h6H,3-5H2,1-2H3. The fourth-order valence-corrected chi connectivity index (χ4v) is 0.981. The zero-order valence-corrected chi connectivity index (χ0v) is 8.82. The summed E-state index contributed by atoms with van der Waals surface area (Å²) in [6.45, 7) is 1.68. The van der Waals surface area contributed by atoms with Crippen molar-refractivity contribution in [3.8, 4) is 0 Å². The molecular weight excluding hydrogens is 219 g/mol. The van der Waals surface area contributed by atoms with Crippen molar-refractivity contribution in [2.75, 3.05) is 12.9 Å². The van der Waals surface area contributed by atoms with E-state index < -0.39 is 24.9 Å². The molecular formula is C8H13ClF3NO. The van der Waals surface area contributed by atoms with Crippen molar-refractivity contribution in [1.82, 2.24) is 4.90 Å². The van der Waals surface area contributed by atoms with Gasteiger partial charge in [0.15, 0.2) is 0 Å². The number of carbonyl (C=O) groups excluding carboxylic acids is 1. The van der Waals surface area contributed by atoms with E-state index in [0.717, 1.165) is 0 Å². The highest BCUT2D eigenvalue weighted by molar-refractivity contribution is 6.18. The first-order valence-electron chi connectivity index (χ1n) is 4.16. The molecule has 6 heteroatoms. The Morgan fingerprint density at radius 3 is 2.36 bits per heavy atom. The monoisotopic (exact) mass is 231 g/mol. The summed E-state index contributed by atoms with van der Waals surface area (Å²) in [7, 11) is 1.45. The van der Waals surface area contributed by atoms with Crippen LogP contribution in [0.2, 0.25) is 0 Å². The van der Waals surface area contributed by atoms with Gasteiger partial charge in [0.1, 0.15) is 0 Å². The van der Waals surface area contributed by atoms with Gasteiger partial charge >= 0.3 is 6.18 Å². The van der Waals surface area contributed by atoms with Crippen LogP contribution >= 0.6 is 11.6 Å². The first-order valence-corrected chi connectivity index (χ1v) is 4.69. The maximum atomic E-state index is 11.8. The second-order valence-electron chi connectivity index (χ2n) is 3.12. The molecule has 0 heterocycles. The number of nitrogens with zero attached hydrogens (tertiary/aromatic N) is 1. The topological polar surface area (TPSA) is 20.3 Å². The van der Waals surface area contributed by atoms with Gasteiger partial charge in [-0.05, 0) is 6.92 Å². The van der Waals surface area contributed by atoms with Gasteiger partial charge in [-0.1, -0.05) is 0 Å². The van der Waals surface area contributed by atoms with Crippen LogP contribution in [0.25, 0.3) is 0 Å². The molecule has 14 heavy (non-hydrogen) atoms. The van der Waals surface area contributed by atoms with Crippen LogP contribution in [0, 0.1) is 0 Å². The van der Waals surface area contributed by atoms with E-state index in [1.165, 1.54) is 11.9 Å². The van der Waals surface area contributed by atoms with Crippen molar-refractivity contribution in [2.45, 2.75) is 32.0 Å². The Morgan fingerprint density at radius 2 is 2.00 bits per heavy atom. The second-order valence-corrected chi connectivity index (χ2v) is 3.43. The highest BCUT2D eigenvalue weighted by Gasteiger charge is 2.29. The first-order chi connectivity index (χ1) is 6.28. The van der Waals surface area contributed by atoms with Crippen LogP contribution in [-0.4, -0.2) is 36.0 Å². The molecule has 0 fully saturated rings. The number of carbonyl (C=O) groups is 1. The maximum absolute atomic E-state index is 11.8. The molecule has 0 aliphatic heterocycles. The van der Waals surface area contributed by atoms with Crippen LogP contribution in [0.15, 0.2) is 0 Å². The summed E-state index contributed by atoms with van der Waals surface area (Å²) in [4.78, 5) is 12.4. The van der Waals surface area contributed by atoms with E-state index in [2.05, 4.69) is 0 Å². The Kier molecular flexibility index (Phi) is 5.26. The van der Waals surface area contributed by atoms with E-state index in [1.807, 2.05) is 0 Å². The molecule has 84 valence electrons. The maximum Gasteiger partial charge on any atom is 0.389 e. The lowest BCUT2D eigenvalue weighted by molar-refractivity contribution is -0.149. The Balaban J connectivity index is 3.97. The highest BCUT2D eigenvalue weighted by Crippen LogP contribution is 2.21. The number of halogens is 4. The molecule has 1 atom stereocenters. The molecule has 0 bridgehead atoms. The molecule has 0 radical (unpaired) electrons. The van der Waals surface area contributed by atoms with Crippen molar-refractivity contribution >= 4 is 17.5 Å². The summed E-state index contributed by atoms with van der Waals surface area (Å²) >= 11 is 5.46. The van der Waals surface area contributed by atoms with Crippen molar-refractivity contribution < 1.29 is 18.0 Å². The van der Waals surface area contributed by atoms with Crippen LogP contribution in [0.5, 0.6) is 0 Å². The van der Waals surface area contributed by atoms with E-state index >= 15 is 0 Å². The SMILES string of the molecule is CC(CCl)N(C)C(=O)CCC(F)(F)F. The zero-order valence-electron chi connectivity index (χ0n) is 8.07. The largest absolute Gasteiger partial charge is 0.389 e. The normalized spacial score (nSPS) is 13.9. The van der Waals surface area contributed by atoms with E-state index in [-0.39, 0.29) is 11.9 Å². The summed E-state index contributed by atoms with van der Waals surface area (Å²) in [5.41, 5.74) is 0. The summed E-state index contributed by atoms with van der Waals surface area (Å²) in [5.74, 6) is -0.315. The molecule has 0 aromatic heterocycles. The predicted octanol–water partition coefficient (Wildman–Crippen LogP) is 2.41. The lowest BCUT2D eigenvalue weighted by atomic mass is 10.2. The molecule has 2 nitrogen and oxygen atoms in total. The van der Waals surface area contributed by atoms with Crippen LogP contribution in [0.3, 0.4) is 0 Å². The lowest BCUT2D eigenvalue weighted by Crippen LogP contribution is -2.36. The van der Waals surface area contributed by atoms with Crippen molar-refractivity contribution in [3.63, 3.8) is 0 Å². The summed E-state index contributed by atoms with van der Waals surface area (Å²) in [6.07, 6.45) is -5.87. The van der Waals surface area contributed by atoms with Crippen LogP contribution in [0.1, 0.15) is 19.8 Å². The zero-order chi connectivity index (χ0) is 11.4. The Bertz CT molecular complexity index is 196. The van der Waals surface area contributed by atoms with Crippen molar-refractivity contribution in [3.05, 3.63) is 0 Å². The average Bonchev–Trinajstić information content (AvgIpc) is 2.10. The minimum Gasteiger partial charge on any atom is -0.342 e. The van der Waals surface area contributed by atoms with Gasteiger partial charge in [-0.25, -0.2) is 0 Å². The third-order valence-electron chi connectivity index (χ3n) is 1.90. The van der Waals surface area contributed by atoms with E-state index in [0.29, 0.717) is 0 Å². The third-order valence-corrected chi connectivity index (χ3v) is 2.35. The van der Waals surface area contributed by atoms with E-state index in [4.69, 9.17) is 11.6 Å². The van der Waals surface area contributed by atoms with Gasteiger partial charge in [-0.2, -0.15) is 13.2 Å². The second kappa shape index (κ2) is 5.44. The number of alkyl halides is 4. The Hall–Kier alpha value is -0.450. The van der Waals surface area contributed by atoms with Gasteiger partial charge in [0.2, 0.25) is 5.91 Å². The molecule has 0 aromatic rings. The predicted molar refractivity (Wildman–Crippen MR) is 48.2 cm³/mol. The summed E-state index contributed by atoms with van der Waals surface area (Å²) < 4.78 is 35.3. The molecule has 0 aliphatic rings. The Morgan fingerprint density at radius 1 is 1.50 bits per heavy atom. The van der Waals surface area contributed by atoms with Gasteiger partial charge in [0, 0.05) is 25.4 Å². The van der Waals surface area contributed by atoms with Crippen molar-refractivity contribution in [1.29, 1.82) is 0 Å². The van der Waals surface area contributed by atoms with Gasteiger partial charge in [-0.3, -0.25) is 4.79 Å². The molecule has 1 amide bonds.